The van der Waals surface area contributed by atoms with E-state index in [1.54, 1.807) is 12.1 Å². The lowest BCUT2D eigenvalue weighted by molar-refractivity contribution is 0.591. The Morgan fingerprint density at radius 1 is 0.952 bits per heavy atom. The van der Waals surface area contributed by atoms with Crippen molar-refractivity contribution in [2.45, 2.75) is 19.2 Å². The summed E-state index contributed by atoms with van der Waals surface area (Å²) in [6.45, 7) is 2.68. The molecule has 112 valence electrons. The van der Waals surface area contributed by atoms with Crippen LogP contribution in [0.25, 0.3) is 0 Å². The lowest BCUT2D eigenvalue weighted by atomic mass is 10.2. The molecule has 2 N–H and O–H groups in total. The molecule has 0 aliphatic carbocycles. The highest BCUT2D eigenvalue weighted by Gasteiger charge is 2.21. The first-order chi connectivity index (χ1) is 10.1. The summed E-state index contributed by atoms with van der Waals surface area (Å²) in [7, 11) is -3.40. The fourth-order valence-electron chi connectivity index (χ4n) is 2.20. The van der Waals surface area contributed by atoms with Crippen LogP contribution in [0.15, 0.2) is 54.6 Å². The number of nitrogens with zero attached hydrogens (tertiary/aromatic N) is 1. The van der Waals surface area contributed by atoms with Gasteiger partial charge in [-0.3, -0.25) is 4.31 Å². The highest BCUT2D eigenvalue weighted by Crippen LogP contribution is 2.21. The topological polar surface area (TPSA) is 63.4 Å². The minimum Gasteiger partial charge on any atom is -0.326 e. The minimum absolute atomic E-state index is 0.000318. The maximum Gasteiger partial charge on any atom is 0.239 e. The van der Waals surface area contributed by atoms with Crippen LogP contribution in [0.3, 0.4) is 0 Å². The number of rotatable bonds is 6. The Balaban J connectivity index is 2.26. The summed E-state index contributed by atoms with van der Waals surface area (Å²) >= 11 is 0. The standard InChI is InChI=1S/C16H20N2O2S/c1-2-18(16-10-8-14(12-17)9-11-16)21(19,20)13-15-6-4-3-5-7-15/h3-11H,2,12-13,17H2,1H3. The molecular formula is C16H20N2O2S. The summed E-state index contributed by atoms with van der Waals surface area (Å²) in [5, 5.41) is 0. The van der Waals surface area contributed by atoms with Gasteiger partial charge in [0.2, 0.25) is 10.0 Å². The number of benzene rings is 2. The van der Waals surface area contributed by atoms with Crippen molar-refractivity contribution in [3.8, 4) is 0 Å². The van der Waals surface area contributed by atoms with Crippen molar-refractivity contribution in [1.82, 2.24) is 0 Å². The maximum absolute atomic E-state index is 12.6. The first-order valence-corrected chi connectivity index (χ1v) is 8.51. The molecule has 5 heteroatoms. The molecule has 21 heavy (non-hydrogen) atoms. The Morgan fingerprint density at radius 2 is 1.57 bits per heavy atom. The number of hydrogen-bond acceptors (Lipinski definition) is 3. The Bertz CT molecular complexity index is 667. The third-order valence-corrected chi connectivity index (χ3v) is 5.11. The molecular weight excluding hydrogens is 284 g/mol. The van der Waals surface area contributed by atoms with Crippen LogP contribution in [0, 0.1) is 0 Å². The van der Waals surface area contributed by atoms with Crippen molar-refractivity contribution in [2.24, 2.45) is 5.73 Å². The van der Waals surface area contributed by atoms with Gasteiger partial charge in [0, 0.05) is 13.1 Å². The number of anilines is 1. The molecule has 0 aliphatic rings. The minimum atomic E-state index is -3.40. The lowest BCUT2D eigenvalue weighted by Gasteiger charge is -2.23. The first-order valence-electron chi connectivity index (χ1n) is 6.90. The van der Waals surface area contributed by atoms with E-state index in [2.05, 4.69) is 0 Å². The molecule has 0 saturated heterocycles. The van der Waals surface area contributed by atoms with Gasteiger partial charge in [0.15, 0.2) is 0 Å². The molecule has 0 amide bonds. The van der Waals surface area contributed by atoms with Crippen molar-refractivity contribution in [1.29, 1.82) is 0 Å². The molecule has 0 fully saturated rings. The van der Waals surface area contributed by atoms with Gasteiger partial charge in [0.05, 0.1) is 11.4 Å². The molecule has 0 spiro atoms. The van der Waals surface area contributed by atoms with Crippen LogP contribution in [-0.2, 0) is 22.3 Å². The van der Waals surface area contributed by atoms with E-state index in [0.29, 0.717) is 18.8 Å². The Labute approximate surface area is 126 Å². The van der Waals surface area contributed by atoms with Crippen LogP contribution in [0.2, 0.25) is 0 Å². The molecule has 0 aromatic heterocycles. The van der Waals surface area contributed by atoms with Crippen molar-refractivity contribution in [3.05, 3.63) is 65.7 Å². The van der Waals surface area contributed by atoms with Crippen LogP contribution in [0.5, 0.6) is 0 Å². The van der Waals surface area contributed by atoms with Crippen LogP contribution in [0.4, 0.5) is 5.69 Å². The average Bonchev–Trinajstić information content (AvgIpc) is 2.49. The first kappa shape index (κ1) is 15.5. The van der Waals surface area contributed by atoms with E-state index in [1.165, 1.54) is 4.31 Å². The molecule has 2 rings (SSSR count). The van der Waals surface area contributed by atoms with Gasteiger partial charge < -0.3 is 5.73 Å². The Kier molecular flexibility index (Phi) is 4.98. The average molecular weight is 304 g/mol. The molecule has 0 saturated carbocycles. The van der Waals surface area contributed by atoms with Crippen LogP contribution >= 0.6 is 0 Å². The molecule has 0 bridgehead atoms. The van der Waals surface area contributed by atoms with E-state index in [0.717, 1.165) is 11.1 Å². The van der Waals surface area contributed by atoms with Gasteiger partial charge in [-0.15, -0.1) is 0 Å². The second-order valence-electron chi connectivity index (χ2n) is 4.78. The molecule has 4 nitrogen and oxygen atoms in total. The fraction of sp³-hybridized carbons (Fsp3) is 0.250. The number of hydrogen-bond donors (Lipinski definition) is 1. The zero-order chi connectivity index (χ0) is 15.3. The lowest BCUT2D eigenvalue weighted by Crippen LogP contribution is -2.31. The zero-order valence-electron chi connectivity index (χ0n) is 12.1. The highest BCUT2D eigenvalue weighted by atomic mass is 32.2. The third kappa shape index (κ3) is 3.83. The second kappa shape index (κ2) is 6.74. The predicted octanol–water partition coefficient (Wildman–Crippen LogP) is 2.50. The summed E-state index contributed by atoms with van der Waals surface area (Å²) in [6, 6.07) is 16.5. The van der Waals surface area contributed by atoms with Gasteiger partial charge in [-0.05, 0) is 30.2 Å². The van der Waals surface area contributed by atoms with E-state index >= 15 is 0 Å². The largest absolute Gasteiger partial charge is 0.326 e. The molecule has 0 atom stereocenters. The van der Waals surface area contributed by atoms with E-state index in [4.69, 9.17) is 5.73 Å². The normalized spacial score (nSPS) is 11.3. The van der Waals surface area contributed by atoms with E-state index < -0.39 is 10.0 Å². The number of nitrogens with two attached hydrogens (primary N) is 1. The summed E-state index contributed by atoms with van der Waals surface area (Å²) in [6.07, 6.45) is 0. The summed E-state index contributed by atoms with van der Waals surface area (Å²) < 4.78 is 26.6. The van der Waals surface area contributed by atoms with Crippen molar-refractivity contribution < 1.29 is 8.42 Å². The van der Waals surface area contributed by atoms with Gasteiger partial charge in [0.25, 0.3) is 0 Å². The van der Waals surface area contributed by atoms with E-state index in [9.17, 15) is 8.42 Å². The molecule has 0 unspecified atom stereocenters. The van der Waals surface area contributed by atoms with Gasteiger partial charge >= 0.3 is 0 Å². The number of sulfonamides is 1. The van der Waals surface area contributed by atoms with E-state index in [-0.39, 0.29) is 5.75 Å². The molecule has 2 aromatic rings. The SMILES string of the molecule is CCN(c1ccc(CN)cc1)S(=O)(=O)Cc1ccccc1. The molecule has 0 heterocycles. The van der Waals surface area contributed by atoms with Crippen molar-refractivity contribution in [2.75, 3.05) is 10.8 Å². The zero-order valence-corrected chi connectivity index (χ0v) is 12.9. The van der Waals surface area contributed by atoms with Gasteiger partial charge in [-0.2, -0.15) is 0 Å². The Morgan fingerprint density at radius 3 is 2.10 bits per heavy atom. The highest BCUT2D eigenvalue weighted by molar-refractivity contribution is 7.92. The van der Waals surface area contributed by atoms with Gasteiger partial charge in [-0.1, -0.05) is 42.5 Å². The summed E-state index contributed by atoms with van der Waals surface area (Å²) in [5.41, 5.74) is 8.00. The van der Waals surface area contributed by atoms with E-state index in [1.807, 2.05) is 49.4 Å². The predicted molar refractivity (Wildman–Crippen MR) is 86.4 cm³/mol. The van der Waals surface area contributed by atoms with Crippen LogP contribution in [-0.4, -0.2) is 15.0 Å². The van der Waals surface area contributed by atoms with Crippen LogP contribution in [0.1, 0.15) is 18.1 Å². The summed E-state index contributed by atoms with van der Waals surface area (Å²) in [5.74, 6) is 0.000318. The van der Waals surface area contributed by atoms with Gasteiger partial charge in [-0.25, -0.2) is 8.42 Å². The van der Waals surface area contributed by atoms with Crippen molar-refractivity contribution in [3.63, 3.8) is 0 Å². The third-order valence-electron chi connectivity index (χ3n) is 3.27. The monoisotopic (exact) mass is 304 g/mol. The molecule has 0 radical (unpaired) electrons. The maximum atomic E-state index is 12.6. The summed E-state index contributed by atoms with van der Waals surface area (Å²) in [4.78, 5) is 0. The smallest absolute Gasteiger partial charge is 0.239 e. The van der Waals surface area contributed by atoms with Crippen LogP contribution < -0.4 is 10.0 Å². The molecule has 0 aliphatic heterocycles. The second-order valence-corrected chi connectivity index (χ2v) is 6.67. The van der Waals surface area contributed by atoms with Gasteiger partial charge in [0.1, 0.15) is 0 Å². The Hall–Kier alpha value is -1.85. The van der Waals surface area contributed by atoms with Crippen molar-refractivity contribution >= 4 is 15.7 Å². The molecule has 2 aromatic carbocycles. The quantitative estimate of drug-likeness (QED) is 0.892. The fourth-order valence-corrected chi connectivity index (χ4v) is 3.81.